The topological polar surface area (TPSA) is 48.9 Å². The summed E-state index contributed by atoms with van der Waals surface area (Å²) in [6, 6.07) is 4.18. The zero-order valence-corrected chi connectivity index (χ0v) is 17.6. The lowest BCUT2D eigenvalue weighted by Gasteiger charge is -2.36. The van der Waals surface area contributed by atoms with Gasteiger partial charge in [0.05, 0.1) is 6.61 Å². The summed E-state index contributed by atoms with van der Waals surface area (Å²) in [6.07, 6.45) is 8.19. The number of rotatable bonds is 9. The molecule has 0 bridgehead atoms. The fraction of sp³-hybridized carbons (Fsp3) is 0.727. The number of amides is 1. The molecule has 2 saturated heterocycles. The number of nitrogens with zero attached hydrogens (tertiary/aromatic N) is 4. The number of hydrogen-bond acceptors (Lipinski definition) is 5. The second-order valence-electron chi connectivity index (χ2n) is 8.15. The summed E-state index contributed by atoms with van der Waals surface area (Å²) in [7, 11) is 1.76. The van der Waals surface area contributed by atoms with E-state index >= 15 is 0 Å². The highest BCUT2D eigenvalue weighted by Crippen LogP contribution is 2.23. The smallest absolute Gasteiger partial charge is 0.254 e. The van der Waals surface area contributed by atoms with Crippen molar-refractivity contribution in [3.05, 3.63) is 30.1 Å². The van der Waals surface area contributed by atoms with E-state index in [4.69, 9.17) is 4.74 Å². The van der Waals surface area contributed by atoms with Crippen LogP contribution in [0.5, 0.6) is 0 Å². The van der Waals surface area contributed by atoms with Crippen LogP contribution in [0.1, 0.15) is 43.0 Å². The predicted octanol–water partition coefficient (Wildman–Crippen LogP) is 2.37. The molecule has 0 aliphatic carbocycles. The molecule has 156 valence electrons. The Morgan fingerprint density at radius 3 is 2.61 bits per heavy atom. The minimum absolute atomic E-state index is 0.159. The summed E-state index contributed by atoms with van der Waals surface area (Å²) in [5.74, 6) is 0.744. The van der Waals surface area contributed by atoms with Gasteiger partial charge in [0.25, 0.3) is 5.91 Å². The van der Waals surface area contributed by atoms with Gasteiger partial charge in [-0.1, -0.05) is 6.92 Å². The highest BCUT2D eigenvalue weighted by Gasteiger charge is 2.30. The van der Waals surface area contributed by atoms with Gasteiger partial charge >= 0.3 is 0 Å². The first-order valence-corrected chi connectivity index (χ1v) is 10.9. The summed E-state index contributed by atoms with van der Waals surface area (Å²) < 4.78 is 5.21. The van der Waals surface area contributed by atoms with Crippen LogP contribution in [0, 0.1) is 5.92 Å². The van der Waals surface area contributed by atoms with Gasteiger partial charge in [0.2, 0.25) is 0 Å². The molecule has 1 atom stereocenters. The van der Waals surface area contributed by atoms with Gasteiger partial charge < -0.3 is 14.5 Å². The number of likely N-dealkylation sites (N-methyl/N-ethyl adjacent to an activating group) is 1. The second kappa shape index (κ2) is 10.9. The lowest BCUT2D eigenvalue weighted by atomic mass is 9.95. The van der Waals surface area contributed by atoms with Crippen molar-refractivity contribution in [1.29, 1.82) is 0 Å². The van der Waals surface area contributed by atoms with Gasteiger partial charge in [-0.2, -0.15) is 0 Å². The highest BCUT2D eigenvalue weighted by molar-refractivity contribution is 5.94. The Bertz CT molecular complexity index is 589. The molecule has 0 radical (unpaired) electrons. The zero-order valence-electron chi connectivity index (χ0n) is 17.6. The molecule has 3 heterocycles. The Hall–Kier alpha value is -1.50. The van der Waals surface area contributed by atoms with E-state index in [1.54, 1.807) is 19.5 Å². The van der Waals surface area contributed by atoms with Gasteiger partial charge in [0.15, 0.2) is 0 Å². The molecule has 1 aromatic heterocycles. The summed E-state index contributed by atoms with van der Waals surface area (Å²) in [6.45, 7) is 10.2. The maximum Gasteiger partial charge on any atom is 0.254 e. The fourth-order valence-electron chi connectivity index (χ4n) is 4.61. The average molecular weight is 389 g/mol. The maximum atomic E-state index is 13.3. The van der Waals surface area contributed by atoms with E-state index in [1.807, 2.05) is 12.1 Å². The Morgan fingerprint density at radius 1 is 1.18 bits per heavy atom. The van der Waals surface area contributed by atoms with E-state index in [2.05, 4.69) is 26.6 Å². The lowest BCUT2D eigenvalue weighted by Crippen LogP contribution is -2.46. The third-order valence-corrected chi connectivity index (χ3v) is 6.35. The SMILES string of the molecule is CCN1CCC[C@H]1CN(CC1CCN(CCOC)CC1)C(=O)c1ccncc1. The van der Waals surface area contributed by atoms with E-state index in [0.29, 0.717) is 12.0 Å². The van der Waals surface area contributed by atoms with Crippen LogP contribution in [-0.4, -0.2) is 91.2 Å². The third-order valence-electron chi connectivity index (χ3n) is 6.35. The number of ether oxygens (including phenoxy) is 1. The third kappa shape index (κ3) is 5.75. The Balaban J connectivity index is 1.62. The first-order chi connectivity index (χ1) is 13.7. The fourth-order valence-corrected chi connectivity index (χ4v) is 4.61. The van der Waals surface area contributed by atoms with Crippen molar-refractivity contribution in [3.8, 4) is 0 Å². The van der Waals surface area contributed by atoms with E-state index in [9.17, 15) is 4.79 Å². The molecule has 0 spiro atoms. The Morgan fingerprint density at radius 2 is 1.93 bits per heavy atom. The Labute approximate surface area is 169 Å². The molecule has 0 saturated carbocycles. The number of carbonyl (C=O) groups excluding carboxylic acids is 1. The summed E-state index contributed by atoms with van der Waals surface area (Å²) in [4.78, 5) is 24.5. The molecule has 2 aliphatic heterocycles. The van der Waals surface area contributed by atoms with Crippen LogP contribution >= 0.6 is 0 Å². The molecule has 6 heteroatoms. The molecule has 3 rings (SSSR count). The molecular formula is C22H36N4O2. The number of aromatic nitrogens is 1. The van der Waals surface area contributed by atoms with Gasteiger partial charge in [-0.15, -0.1) is 0 Å². The van der Waals surface area contributed by atoms with Gasteiger partial charge in [-0.3, -0.25) is 14.7 Å². The number of hydrogen-bond donors (Lipinski definition) is 0. The minimum atomic E-state index is 0.159. The number of likely N-dealkylation sites (tertiary alicyclic amines) is 2. The average Bonchev–Trinajstić information content (AvgIpc) is 3.20. The van der Waals surface area contributed by atoms with Crippen LogP contribution in [0.2, 0.25) is 0 Å². The van der Waals surface area contributed by atoms with Crippen LogP contribution < -0.4 is 0 Å². The van der Waals surface area contributed by atoms with Crippen molar-refractivity contribution in [3.63, 3.8) is 0 Å². The summed E-state index contributed by atoms with van der Waals surface area (Å²) >= 11 is 0. The molecular weight excluding hydrogens is 352 g/mol. The molecule has 1 aromatic rings. The van der Waals surface area contributed by atoms with Crippen molar-refractivity contribution in [2.75, 3.05) is 59.5 Å². The quantitative estimate of drug-likeness (QED) is 0.650. The highest BCUT2D eigenvalue weighted by atomic mass is 16.5. The van der Waals surface area contributed by atoms with Crippen molar-refractivity contribution < 1.29 is 9.53 Å². The van der Waals surface area contributed by atoms with Crippen LogP contribution in [0.3, 0.4) is 0 Å². The Kier molecular flexibility index (Phi) is 8.25. The van der Waals surface area contributed by atoms with Crippen molar-refractivity contribution >= 4 is 5.91 Å². The number of piperidine rings is 1. The number of methoxy groups -OCH3 is 1. The second-order valence-corrected chi connectivity index (χ2v) is 8.15. The van der Waals surface area contributed by atoms with Gasteiger partial charge in [-0.05, 0) is 69.9 Å². The molecule has 0 unspecified atom stereocenters. The van der Waals surface area contributed by atoms with Gasteiger partial charge in [-0.25, -0.2) is 0 Å². The summed E-state index contributed by atoms with van der Waals surface area (Å²) in [5.41, 5.74) is 0.758. The molecule has 2 fully saturated rings. The zero-order chi connectivity index (χ0) is 19.8. The predicted molar refractivity (Wildman–Crippen MR) is 111 cm³/mol. The van der Waals surface area contributed by atoms with Gasteiger partial charge in [0, 0.05) is 50.7 Å². The first kappa shape index (κ1) is 21.2. The van der Waals surface area contributed by atoms with Crippen LogP contribution in [-0.2, 0) is 4.74 Å². The molecule has 6 nitrogen and oxygen atoms in total. The summed E-state index contributed by atoms with van der Waals surface area (Å²) in [5, 5.41) is 0. The molecule has 0 aromatic carbocycles. The molecule has 2 aliphatic rings. The first-order valence-electron chi connectivity index (χ1n) is 10.9. The minimum Gasteiger partial charge on any atom is -0.383 e. The van der Waals surface area contributed by atoms with Crippen molar-refractivity contribution in [1.82, 2.24) is 19.7 Å². The molecule has 28 heavy (non-hydrogen) atoms. The van der Waals surface area contributed by atoms with Crippen molar-refractivity contribution in [2.45, 2.75) is 38.6 Å². The van der Waals surface area contributed by atoms with Crippen molar-refractivity contribution in [2.24, 2.45) is 5.92 Å². The standard InChI is InChI=1S/C22H36N4O2/c1-3-25-12-4-5-21(25)18-26(22(27)20-6-10-23-11-7-20)17-19-8-13-24(14-9-19)15-16-28-2/h6-7,10-11,19,21H,3-5,8-9,12-18H2,1-2H3/t21-/m0/s1. The largest absolute Gasteiger partial charge is 0.383 e. The van der Waals surface area contributed by atoms with Crippen LogP contribution in [0.4, 0.5) is 0 Å². The van der Waals surface area contributed by atoms with E-state index in [0.717, 1.165) is 70.8 Å². The van der Waals surface area contributed by atoms with E-state index in [-0.39, 0.29) is 5.91 Å². The number of carbonyl (C=O) groups is 1. The van der Waals surface area contributed by atoms with Crippen LogP contribution in [0.15, 0.2) is 24.5 Å². The maximum absolute atomic E-state index is 13.3. The lowest BCUT2D eigenvalue weighted by molar-refractivity contribution is 0.0616. The monoisotopic (exact) mass is 388 g/mol. The molecule has 0 N–H and O–H groups in total. The van der Waals surface area contributed by atoms with E-state index < -0.39 is 0 Å². The number of pyridine rings is 1. The van der Waals surface area contributed by atoms with E-state index in [1.165, 1.54) is 12.8 Å². The van der Waals surface area contributed by atoms with Crippen LogP contribution in [0.25, 0.3) is 0 Å². The van der Waals surface area contributed by atoms with Gasteiger partial charge in [0.1, 0.15) is 0 Å². The normalized spacial score (nSPS) is 21.9. The molecule has 1 amide bonds.